The van der Waals surface area contributed by atoms with E-state index in [0.29, 0.717) is 0 Å². The van der Waals surface area contributed by atoms with Crippen molar-refractivity contribution in [3.8, 4) is 0 Å². The van der Waals surface area contributed by atoms with Gasteiger partial charge >= 0.3 is 0 Å². The fourth-order valence-corrected chi connectivity index (χ4v) is 2.58. The van der Waals surface area contributed by atoms with E-state index in [2.05, 4.69) is 20.5 Å². The lowest BCUT2D eigenvalue weighted by Gasteiger charge is -2.15. The zero-order chi connectivity index (χ0) is 17.4. The number of hydrogen-bond acceptors (Lipinski definition) is 10. The van der Waals surface area contributed by atoms with Crippen LogP contribution in [0.25, 0.3) is 11.0 Å². The van der Waals surface area contributed by atoms with Crippen molar-refractivity contribution in [2.45, 2.75) is 24.5 Å². The molecular formula is C12H16N6O6. The Labute approximate surface area is 134 Å². The van der Waals surface area contributed by atoms with E-state index in [9.17, 15) is 20.1 Å². The summed E-state index contributed by atoms with van der Waals surface area (Å²) in [5, 5.41) is 33.4. The molecule has 2 aromatic rings. The molecule has 0 aromatic carbocycles. The monoisotopic (exact) mass is 340 g/mol. The maximum atomic E-state index is 11.7. The first kappa shape index (κ1) is 16.5. The summed E-state index contributed by atoms with van der Waals surface area (Å²) in [6.07, 6.45) is -3.69. The second-order valence-electron chi connectivity index (χ2n) is 5.11. The number of carbonyl (C=O) groups is 1. The van der Waals surface area contributed by atoms with Crippen LogP contribution in [0.15, 0.2) is 6.33 Å². The van der Waals surface area contributed by atoms with Gasteiger partial charge in [0, 0.05) is 0 Å². The Hall–Kier alpha value is -2.38. The number of nitrogens with one attached hydrogen (secondary N) is 1. The number of primary amides is 1. The number of nitrogens with two attached hydrogens (primary N) is 1. The first-order chi connectivity index (χ1) is 11.5. The largest absolute Gasteiger partial charge is 0.394 e. The third kappa shape index (κ3) is 2.46. The quantitative estimate of drug-likeness (QED) is 0.366. The number of fused-ring (bicyclic) bond motifs is 1. The number of ether oxygens (including phenoxy) is 1. The molecule has 0 unspecified atom stereocenters. The average Bonchev–Trinajstić information content (AvgIpc) is 3.08. The summed E-state index contributed by atoms with van der Waals surface area (Å²) in [5.41, 5.74) is 7.79. The second-order valence-corrected chi connectivity index (χ2v) is 5.11. The molecule has 1 amide bonds. The molecule has 1 fully saturated rings. The molecule has 12 heteroatoms. The maximum Gasteiger partial charge on any atom is 0.270 e. The van der Waals surface area contributed by atoms with Crippen LogP contribution in [0.1, 0.15) is 16.7 Å². The van der Waals surface area contributed by atoms with E-state index in [1.165, 1.54) is 13.4 Å². The van der Waals surface area contributed by atoms with Gasteiger partial charge in [0.1, 0.15) is 24.6 Å². The SMILES string of the molecule is CONc1ncnc2c1c(C(N)=O)nn2[C@@H]1O[C@H](CO)[C@@H](O)[C@H]1O. The zero-order valence-electron chi connectivity index (χ0n) is 12.5. The molecule has 1 aliphatic rings. The minimum atomic E-state index is -1.39. The molecule has 2 aromatic heterocycles. The number of amides is 1. The number of aromatic nitrogens is 4. The van der Waals surface area contributed by atoms with E-state index in [1.807, 2.05) is 0 Å². The Morgan fingerprint density at radius 2 is 2.21 bits per heavy atom. The van der Waals surface area contributed by atoms with Crippen molar-refractivity contribution in [3.05, 3.63) is 12.0 Å². The van der Waals surface area contributed by atoms with Crippen LogP contribution in [0.4, 0.5) is 5.82 Å². The highest BCUT2D eigenvalue weighted by molar-refractivity contribution is 6.07. The predicted octanol–water partition coefficient (Wildman–Crippen LogP) is -2.49. The van der Waals surface area contributed by atoms with Gasteiger partial charge in [0.15, 0.2) is 23.4 Å². The van der Waals surface area contributed by atoms with E-state index in [4.69, 9.17) is 15.3 Å². The Morgan fingerprint density at radius 1 is 1.46 bits per heavy atom. The van der Waals surface area contributed by atoms with Crippen molar-refractivity contribution in [2.75, 3.05) is 19.2 Å². The molecular weight excluding hydrogens is 324 g/mol. The molecule has 0 radical (unpaired) electrons. The highest BCUT2D eigenvalue weighted by Gasteiger charge is 2.45. The van der Waals surface area contributed by atoms with Gasteiger partial charge in [0.2, 0.25) is 0 Å². The van der Waals surface area contributed by atoms with Crippen LogP contribution in [0.3, 0.4) is 0 Å². The summed E-state index contributed by atoms with van der Waals surface area (Å²) in [6.45, 7) is -0.498. The Morgan fingerprint density at radius 3 is 2.79 bits per heavy atom. The number of rotatable bonds is 5. The van der Waals surface area contributed by atoms with E-state index in [0.717, 1.165) is 4.68 Å². The lowest BCUT2D eigenvalue weighted by Crippen LogP contribution is -2.33. The molecule has 130 valence electrons. The van der Waals surface area contributed by atoms with Crippen LogP contribution in [0.5, 0.6) is 0 Å². The van der Waals surface area contributed by atoms with Crippen molar-refractivity contribution in [2.24, 2.45) is 5.73 Å². The molecule has 4 atom stereocenters. The molecule has 1 saturated heterocycles. The summed E-state index contributed by atoms with van der Waals surface area (Å²) in [4.78, 5) is 24.5. The van der Waals surface area contributed by atoms with Crippen LogP contribution in [-0.2, 0) is 9.57 Å². The number of nitrogens with zero attached hydrogens (tertiary/aromatic N) is 4. The molecule has 12 nitrogen and oxygen atoms in total. The van der Waals surface area contributed by atoms with Gasteiger partial charge in [-0.3, -0.25) is 9.63 Å². The third-order valence-electron chi connectivity index (χ3n) is 3.68. The first-order valence-corrected chi connectivity index (χ1v) is 6.94. The van der Waals surface area contributed by atoms with E-state index in [-0.39, 0.29) is 22.5 Å². The van der Waals surface area contributed by atoms with Crippen molar-refractivity contribution in [1.29, 1.82) is 0 Å². The summed E-state index contributed by atoms with van der Waals surface area (Å²) in [6, 6.07) is 0. The third-order valence-corrected chi connectivity index (χ3v) is 3.68. The van der Waals surface area contributed by atoms with E-state index >= 15 is 0 Å². The van der Waals surface area contributed by atoms with Gasteiger partial charge in [-0.05, 0) is 0 Å². The van der Waals surface area contributed by atoms with Crippen molar-refractivity contribution in [1.82, 2.24) is 19.7 Å². The molecule has 1 aliphatic heterocycles. The van der Waals surface area contributed by atoms with Crippen molar-refractivity contribution < 1.29 is 29.7 Å². The standard InChI is InChI=1S/C12H16N6O6/c1-23-17-10-5-6(9(13)22)16-18(11(5)15-3-14-10)12-8(21)7(20)4(2-19)24-12/h3-4,7-8,12,19-21H,2H2,1H3,(H2,13,22)(H,14,15,17)/t4-,7-,8-,12-/m1/s1. The number of anilines is 1. The fraction of sp³-hybridized carbons (Fsp3) is 0.500. The molecule has 0 spiro atoms. The van der Waals surface area contributed by atoms with Crippen LogP contribution in [0, 0.1) is 0 Å². The minimum absolute atomic E-state index is 0.133. The van der Waals surface area contributed by atoms with Crippen molar-refractivity contribution >= 4 is 22.8 Å². The predicted molar refractivity (Wildman–Crippen MR) is 77.5 cm³/mol. The highest BCUT2D eigenvalue weighted by Crippen LogP contribution is 2.33. The van der Waals surface area contributed by atoms with Crippen LogP contribution < -0.4 is 11.2 Å². The number of aliphatic hydroxyl groups is 3. The van der Waals surface area contributed by atoms with Gasteiger partial charge < -0.3 is 25.8 Å². The van der Waals surface area contributed by atoms with Gasteiger partial charge in [-0.15, -0.1) is 0 Å². The normalized spacial score (nSPS) is 26.8. The van der Waals surface area contributed by atoms with E-state index < -0.39 is 37.1 Å². The zero-order valence-corrected chi connectivity index (χ0v) is 12.5. The van der Waals surface area contributed by atoms with Crippen molar-refractivity contribution in [3.63, 3.8) is 0 Å². The summed E-state index contributed by atoms with van der Waals surface area (Å²) in [7, 11) is 1.36. The summed E-state index contributed by atoms with van der Waals surface area (Å²) < 4.78 is 6.52. The van der Waals surface area contributed by atoms with Gasteiger partial charge in [0.05, 0.1) is 19.1 Å². The van der Waals surface area contributed by atoms with Gasteiger partial charge in [0.25, 0.3) is 5.91 Å². The second kappa shape index (κ2) is 6.26. The summed E-state index contributed by atoms with van der Waals surface area (Å²) in [5.74, 6) is -0.700. The lowest BCUT2D eigenvalue weighted by atomic mass is 10.1. The molecule has 0 aliphatic carbocycles. The smallest absolute Gasteiger partial charge is 0.270 e. The van der Waals surface area contributed by atoms with Crippen LogP contribution in [-0.4, -0.2) is 73.0 Å². The number of carbonyl (C=O) groups excluding carboxylic acids is 1. The maximum absolute atomic E-state index is 11.7. The lowest BCUT2D eigenvalue weighted by molar-refractivity contribution is -0.0567. The molecule has 24 heavy (non-hydrogen) atoms. The minimum Gasteiger partial charge on any atom is -0.394 e. The Balaban J connectivity index is 2.16. The average molecular weight is 340 g/mol. The number of hydrogen-bond donors (Lipinski definition) is 5. The van der Waals surface area contributed by atoms with Gasteiger partial charge in [-0.1, -0.05) is 0 Å². The van der Waals surface area contributed by atoms with E-state index in [1.54, 1.807) is 0 Å². The Kier molecular flexibility index (Phi) is 4.29. The molecule has 0 bridgehead atoms. The molecule has 3 rings (SSSR count). The van der Waals surface area contributed by atoms with Crippen LogP contribution >= 0.6 is 0 Å². The molecule has 0 saturated carbocycles. The van der Waals surface area contributed by atoms with Crippen LogP contribution in [0.2, 0.25) is 0 Å². The Bertz CT molecular complexity index is 766. The fourth-order valence-electron chi connectivity index (χ4n) is 2.58. The molecule has 3 heterocycles. The van der Waals surface area contributed by atoms with Gasteiger partial charge in [-0.2, -0.15) is 5.10 Å². The number of aliphatic hydroxyl groups excluding tert-OH is 3. The van der Waals surface area contributed by atoms with Gasteiger partial charge in [-0.25, -0.2) is 20.1 Å². The summed E-state index contributed by atoms with van der Waals surface area (Å²) >= 11 is 0. The first-order valence-electron chi connectivity index (χ1n) is 6.94. The topological polar surface area (TPSA) is 178 Å². The molecule has 6 N–H and O–H groups in total. The highest BCUT2D eigenvalue weighted by atomic mass is 16.6.